The number of carbonyl (C=O) groups excluding carboxylic acids is 1. The fourth-order valence-corrected chi connectivity index (χ4v) is 3.40. The Morgan fingerprint density at radius 2 is 1.41 bits per heavy atom. The highest BCUT2D eigenvalue weighted by molar-refractivity contribution is 7.99. The summed E-state index contributed by atoms with van der Waals surface area (Å²) in [7, 11) is 0. The Morgan fingerprint density at radius 1 is 0.889 bits per heavy atom. The molecule has 138 valence electrons. The van der Waals surface area contributed by atoms with Crippen molar-refractivity contribution in [3.05, 3.63) is 66.2 Å². The molecule has 1 aromatic heterocycles. The Hall–Kier alpha value is -2.66. The number of benzene rings is 2. The summed E-state index contributed by atoms with van der Waals surface area (Å²) in [5.74, 6) is 0.517. The molecule has 0 spiro atoms. The van der Waals surface area contributed by atoms with Crippen LogP contribution in [-0.2, 0) is 4.74 Å². The van der Waals surface area contributed by atoms with E-state index in [1.807, 2.05) is 60.7 Å². The Balaban J connectivity index is 2.26. The second kappa shape index (κ2) is 9.33. The number of rotatable bonds is 7. The molecule has 5 heteroatoms. The summed E-state index contributed by atoms with van der Waals surface area (Å²) in [4.78, 5) is 22.3. The quantitative estimate of drug-likeness (QED) is 0.309. The van der Waals surface area contributed by atoms with Gasteiger partial charge in [-0.15, -0.1) is 0 Å². The molecule has 0 bridgehead atoms. The average Bonchev–Trinajstić information content (AvgIpc) is 2.73. The van der Waals surface area contributed by atoms with Gasteiger partial charge >= 0.3 is 5.97 Å². The fraction of sp³-hybridized carbons (Fsp3) is 0.227. The standard InChI is InChI=1S/C22H22N2O2S/c1-3-15-27-22-23-19(16-11-7-5-8-12-16)18(21(25)26-4-2)20(24-22)17-13-9-6-10-14-17/h5-14H,3-4,15H2,1-2H3. The maximum absolute atomic E-state index is 12.8. The summed E-state index contributed by atoms with van der Waals surface area (Å²) >= 11 is 1.60. The summed E-state index contributed by atoms with van der Waals surface area (Å²) in [6.45, 7) is 4.22. The minimum Gasteiger partial charge on any atom is -0.462 e. The molecule has 0 unspecified atom stereocenters. The maximum atomic E-state index is 12.8. The van der Waals surface area contributed by atoms with Gasteiger partial charge in [0.05, 0.1) is 18.0 Å². The van der Waals surface area contributed by atoms with Crippen molar-refractivity contribution < 1.29 is 9.53 Å². The topological polar surface area (TPSA) is 52.1 Å². The lowest BCUT2D eigenvalue weighted by molar-refractivity contribution is 0.0527. The number of thioether (sulfide) groups is 1. The molecule has 0 atom stereocenters. The number of nitrogens with zero attached hydrogens (tertiary/aromatic N) is 2. The molecule has 1 heterocycles. The van der Waals surface area contributed by atoms with Crippen molar-refractivity contribution in [3.63, 3.8) is 0 Å². The second-order valence-corrected chi connectivity index (χ2v) is 6.94. The van der Waals surface area contributed by atoms with Crippen LogP contribution in [-0.4, -0.2) is 28.3 Å². The molecule has 0 N–H and O–H groups in total. The van der Waals surface area contributed by atoms with Crippen LogP contribution in [0.25, 0.3) is 22.5 Å². The molecule has 3 rings (SSSR count). The summed E-state index contributed by atoms with van der Waals surface area (Å²) in [6, 6.07) is 19.4. The van der Waals surface area contributed by atoms with Gasteiger partial charge in [-0.1, -0.05) is 79.3 Å². The molecule has 0 saturated heterocycles. The molecule has 0 radical (unpaired) electrons. The van der Waals surface area contributed by atoms with E-state index in [-0.39, 0.29) is 0 Å². The molecule has 2 aromatic carbocycles. The summed E-state index contributed by atoms with van der Waals surface area (Å²) < 4.78 is 5.35. The van der Waals surface area contributed by atoms with Gasteiger partial charge in [-0.3, -0.25) is 0 Å². The minimum atomic E-state index is -0.401. The third-order valence-corrected chi connectivity index (χ3v) is 4.95. The predicted octanol–water partition coefficient (Wildman–Crippen LogP) is 5.49. The Kier molecular flexibility index (Phi) is 6.60. The second-order valence-electron chi connectivity index (χ2n) is 5.88. The molecule has 0 fully saturated rings. The van der Waals surface area contributed by atoms with Crippen LogP contribution < -0.4 is 0 Å². The third-order valence-electron chi connectivity index (χ3n) is 3.90. The van der Waals surface area contributed by atoms with E-state index >= 15 is 0 Å². The zero-order chi connectivity index (χ0) is 19.1. The van der Waals surface area contributed by atoms with Gasteiger partial charge in [-0.2, -0.15) is 0 Å². The molecular formula is C22H22N2O2S. The molecule has 27 heavy (non-hydrogen) atoms. The van der Waals surface area contributed by atoms with Crippen LogP contribution in [0.1, 0.15) is 30.6 Å². The van der Waals surface area contributed by atoms with Gasteiger partial charge in [-0.25, -0.2) is 14.8 Å². The van der Waals surface area contributed by atoms with Crippen molar-refractivity contribution in [1.29, 1.82) is 0 Å². The Labute approximate surface area is 164 Å². The van der Waals surface area contributed by atoms with Crippen molar-refractivity contribution >= 4 is 17.7 Å². The SMILES string of the molecule is CCCSc1nc(-c2ccccc2)c(C(=O)OCC)c(-c2ccccc2)n1. The van der Waals surface area contributed by atoms with E-state index in [2.05, 4.69) is 6.92 Å². The van der Waals surface area contributed by atoms with E-state index in [1.165, 1.54) is 0 Å². The van der Waals surface area contributed by atoms with Gasteiger partial charge in [0.15, 0.2) is 5.16 Å². The van der Waals surface area contributed by atoms with Crippen molar-refractivity contribution in [2.45, 2.75) is 25.4 Å². The largest absolute Gasteiger partial charge is 0.462 e. The van der Waals surface area contributed by atoms with Gasteiger partial charge in [-0.05, 0) is 13.3 Å². The smallest absolute Gasteiger partial charge is 0.342 e. The highest BCUT2D eigenvalue weighted by atomic mass is 32.2. The van der Waals surface area contributed by atoms with Gasteiger partial charge in [0.1, 0.15) is 5.56 Å². The first kappa shape index (κ1) is 19.1. The summed E-state index contributed by atoms with van der Waals surface area (Å²) in [5.41, 5.74) is 3.38. The number of carbonyl (C=O) groups is 1. The third kappa shape index (κ3) is 4.55. The van der Waals surface area contributed by atoms with E-state index in [1.54, 1.807) is 18.7 Å². The van der Waals surface area contributed by atoms with Crippen LogP contribution in [0.2, 0.25) is 0 Å². The van der Waals surface area contributed by atoms with Crippen LogP contribution in [0.4, 0.5) is 0 Å². The van der Waals surface area contributed by atoms with Crippen LogP contribution in [0.3, 0.4) is 0 Å². The van der Waals surface area contributed by atoms with Crippen LogP contribution >= 0.6 is 11.8 Å². The Bertz CT molecular complexity index is 838. The van der Waals surface area contributed by atoms with Gasteiger partial charge in [0, 0.05) is 16.9 Å². The molecule has 0 aliphatic rings. The number of hydrogen-bond acceptors (Lipinski definition) is 5. The zero-order valence-electron chi connectivity index (χ0n) is 15.5. The molecule has 3 aromatic rings. The molecular weight excluding hydrogens is 356 g/mol. The summed E-state index contributed by atoms with van der Waals surface area (Å²) in [6.07, 6.45) is 1.02. The van der Waals surface area contributed by atoms with E-state index in [0.717, 1.165) is 23.3 Å². The predicted molar refractivity (Wildman–Crippen MR) is 110 cm³/mol. The lowest BCUT2D eigenvalue weighted by atomic mass is 10.0. The molecule has 0 amide bonds. The van der Waals surface area contributed by atoms with Crippen LogP contribution in [0.15, 0.2) is 65.8 Å². The monoisotopic (exact) mass is 378 g/mol. The van der Waals surface area contributed by atoms with E-state index in [0.29, 0.717) is 28.7 Å². The molecule has 0 saturated carbocycles. The van der Waals surface area contributed by atoms with Gasteiger partial charge < -0.3 is 4.74 Å². The first-order valence-corrected chi connectivity index (χ1v) is 10.1. The minimum absolute atomic E-state index is 0.299. The van der Waals surface area contributed by atoms with Gasteiger partial charge in [0.25, 0.3) is 0 Å². The van der Waals surface area contributed by atoms with Crippen LogP contribution in [0.5, 0.6) is 0 Å². The van der Waals surface area contributed by atoms with Gasteiger partial charge in [0.2, 0.25) is 0 Å². The Morgan fingerprint density at radius 3 is 1.85 bits per heavy atom. The number of aromatic nitrogens is 2. The highest BCUT2D eigenvalue weighted by Crippen LogP contribution is 2.32. The van der Waals surface area contributed by atoms with Crippen molar-refractivity contribution in [2.24, 2.45) is 0 Å². The maximum Gasteiger partial charge on any atom is 0.342 e. The van der Waals surface area contributed by atoms with E-state index < -0.39 is 5.97 Å². The molecule has 4 nitrogen and oxygen atoms in total. The number of esters is 1. The normalized spacial score (nSPS) is 10.6. The average molecular weight is 378 g/mol. The summed E-state index contributed by atoms with van der Waals surface area (Å²) in [5, 5.41) is 0.669. The van der Waals surface area contributed by atoms with Crippen LogP contribution in [0, 0.1) is 0 Å². The molecule has 0 aliphatic carbocycles. The van der Waals surface area contributed by atoms with Crippen molar-refractivity contribution in [3.8, 4) is 22.5 Å². The van der Waals surface area contributed by atoms with Crippen molar-refractivity contribution in [1.82, 2.24) is 9.97 Å². The lowest BCUT2D eigenvalue weighted by Gasteiger charge is -2.15. The number of hydrogen-bond donors (Lipinski definition) is 0. The first-order chi connectivity index (χ1) is 13.2. The first-order valence-electron chi connectivity index (χ1n) is 9.07. The van der Waals surface area contributed by atoms with Crippen molar-refractivity contribution in [2.75, 3.05) is 12.4 Å². The molecule has 0 aliphatic heterocycles. The number of ether oxygens (including phenoxy) is 1. The highest BCUT2D eigenvalue weighted by Gasteiger charge is 2.24. The van der Waals surface area contributed by atoms with E-state index in [9.17, 15) is 4.79 Å². The lowest BCUT2D eigenvalue weighted by Crippen LogP contribution is -2.12. The fourth-order valence-electron chi connectivity index (χ4n) is 2.70. The van der Waals surface area contributed by atoms with E-state index in [4.69, 9.17) is 14.7 Å². The zero-order valence-corrected chi connectivity index (χ0v) is 16.3.